The van der Waals surface area contributed by atoms with Crippen LogP contribution in [0.5, 0.6) is 11.5 Å². The van der Waals surface area contributed by atoms with Crippen LogP contribution in [0.2, 0.25) is 0 Å². The van der Waals surface area contributed by atoms with Gasteiger partial charge in [-0.05, 0) is 88.5 Å². The van der Waals surface area contributed by atoms with Crippen molar-refractivity contribution in [2.45, 2.75) is 33.1 Å². The number of esters is 1. The fraction of sp³-hybridized carbons (Fsp3) is 0.222. The summed E-state index contributed by atoms with van der Waals surface area (Å²) in [6.07, 6.45) is 1.51. The molecule has 7 heteroatoms. The van der Waals surface area contributed by atoms with Gasteiger partial charge in [0.15, 0.2) is 11.5 Å². The minimum absolute atomic E-state index is 0.0193. The van der Waals surface area contributed by atoms with Gasteiger partial charge >= 0.3 is 5.97 Å². The third kappa shape index (κ3) is 6.66. The van der Waals surface area contributed by atoms with Gasteiger partial charge in [0.2, 0.25) is 0 Å². The highest BCUT2D eigenvalue weighted by Crippen LogP contribution is 2.29. The first-order valence-corrected chi connectivity index (χ1v) is 11.9. The van der Waals surface area contributed by atoms with E-state index >= 15 is 0 Å². The van der Waals surface area contributed by atoms with Crippen molar-refractivity contribution in [3.63, 3.8) is 0 Å². The Hall–Kier alpha value is -3.20. The van der Waals surface area contributed by atoms with E-state index in [9.17, 15) is 9.59 Å². The summed E-state index contributed by atoms with van der Waals surface area (Å²) in [5.41, 5.74) is 5.39. The molecule has 0 aromatic heterocycles. The van der Waals surface area contributed by atoms with Gasteiger partial charge in [0, 0.05) is 9.13 Å². The van der Waals surface area contributed by atoms with Gasteiger partial charge in [-0.3, -0.25) is 4.79 Å². The average Bonchev–Trinajstić information content (AvgIpc) is 2.80. The van der Waals surface area contributed by atoms with Crippen molar-refractivity contribution in [1.29, 1.82) is 0 Å². The maximum Gasteiger partial charge on any atom is 0.344 e. The lowest BCUT2D eigenvalue weighted by Crippen LogP contribution is -2.18. The summed E-state index contributed by atoms with van der Waals surface area (Å²) in [4.78, 5) is 25.0. The first kappa shape index (κ1) is 25.4. The van der Waals surface area contributed by atoms with E-state index < -0.39 is 5.97 Å². The number of ether oxygens (including phenoxy) is 2. The molecule has 0 aliphatic heterocycles. The van der Waals surface area contributed by atoms with E-state index in [1.165, 1.54) is 6.21 Å². The summed E-state index contributed by atoms with van der Waals surface area (Å²) in [5, 5.41) is 4.05. The fourth-order valence-corrected chi connectivity index (χ4v) is 3.70. The minimum atomic E-state index is -0.461. The van der Waals surface area contributed by atoms with E-state index in [2.05, 4.69) is 53.9 Å². The van der Waals surface area contributed by atoms with E-state index in [-0.39, 0.29) is 11.3 Å². The number of amides is 1. The smallest absolute Gasteiger partial charge is 0.344 e. The van der Waals surface area contributed by atoms with Crippen molar-refractivity contribution in [1.82, 2.24) is 5.43 Å². The number of halogens is 1. The molecule has 0 bridgehead atoms. The molecular formula is C27H27IN2O4. The summed E-state index contributed by atoms with van der Waals surface area (Å²) >= 11 is 2.09. The molecule has 6 nitrogen and oxygen atoms in total. The van der Waals surface area contributed by atoms with Gasteiger partial charge in [-0.25, -0.2) is 10.2 Å². The largest absolute Gasteiger partial charge is 0.490 e. The van der Waals surface area contributed by atoms with Crippen LogP contribution in [0.15, 0.2) is 71.8 Å². The van der Waals surface area contributed by atoms with Gasteiger partial charge in [-0.2, -0.15) is 5.10 Å². The Morgan fingerprint density at radius 1 is 1.00 bits per heavy atom. The van der Waals surface area contributed by atoms with E-state index in [1.807, 2.05) is 31.2 Å². The van der Waals surface area contributed by atoms with Crippen LogP contribution in [0.25, 0.3) is 0 Å². The highest BCUT2D eigenvalue weighted by atomic mass is 127. The predicted octanol–water partition coefficient (Wildman–Crippen LogP) is 5.97. The number of carbonyl (C=O) groups is 2. The SMILES string of the molecule is CCOc1cc(/C=N/NC(=O)c2ccc(C(C)(C)C)cc2)ccc1OC(=O)c1ccccc1I. The number of hydrazone groups is 1. The topological polar surface area (TPSA) is 77.0 Å². The number of nitrogens with zero attached hydrogens (tertiary/aromatic N) is 1. The molecule has 0 heterocycles. The van der Waals surface area contributed by atoms with Crippen molar-refractivity contribution in [3.05, 3.63) is 92.6 Å². The molecule has 0 unspecified atom stereocenters. The molecule has 3 aromatic carbocycles. The Labute approximate surface area is 213 Å². The second-order valence-electron chi connectivity index (χ2n) is 8.54. The molecule has 0 saturated carbocycles. The first-order chi connectivity index (χ1) is 16.2. The van der Waals surface area contributed by atoms with Crippen LogP contribution in [-0.2, 0) is 5.41 Å². The van der Waals surface area contributed by atoms with Crippen LogP contribution in [0.4, 0.5) is 0 Å². The number of hydrogen-bond acceptors (Lipinski definition) is 5. The van der Waals surface area contributed by atoms with Crippen LogP contribution in [0.3, 0.4) is 0 Å². The number of rotatable bonds is 7. The zero-order valence-electron chi connectivity index (χ0n) is 19.6. The first-order valence-electron chi connectivity index (χ1n) is 10.9. The predicted molar refractivity (Wildman–Crippen MR) is 142 cm³/mol. The maximum absolute atomic E-state index is 12.6. The second-order valence-corrected chi connectivity index (χ2v) is 9.70. The molecule has 0 aliphatic rings. The summed E-state index contributed by atoms with van der Waals surface area (Å²) < 4.78 is 12.0. The Kier molecular flexibility index (Phi) is 8.44. The molecule has 34 heavy (non-hydrogen) atoms. The Morgan fingerprint density at radius 3 is 2.35 bits per heavy atom. The number of hydrogen-bond donors (Lipinski definition) is 1. The van der Waals surface area contributed by atoms with Crippen molar-refractivity contribution in [3.8, 4) is 11.5 Å². The summed E-state index contributed by atoms with van der Waals surface area (Å²) in [6.45, 7) is 8.61. The third-order valence-electron chi connectivity index (χ3n) is 4.96. The number of nitrogens with one attached hydrogen (secondary N) is 1. The lowest BCUT2D eigenvalue weighted by Gasteiger charge is -2.18. The molecule has 0 spiro atoms. The molecule has 0 saturated heterocycles. The summed E-state index contributed by atoms with van der Waals surface area (Å²) in [6, 6.07) is 19.8. The third-order valence-corrected chi connectivity index (χ3v) is 5.90. The van der Waals surface area contributed by atoms with Crippen molar-refractivity contribution in [2.75, 3.05) is 6.61 Å². The maximum atomic E-state index is 12.6. The van der Waals surface area contributed by atoms with Crippen LogP contribution in [0, 0.1) is 3.57 Å². The summed E-state index contributed by atoms with van der Waals surface area (Å²) in [5.74, 6) is -0.0386. The second kappa shape index (κ2) is 11.3. The molecular weight excluding hydrogens is 543 g/mol. The molecule has 176 valence electrons. The van der Waals surface area contributed by atoms with Crippen LogP contribution < -0.4 is 14.9 Å². The lowest BCUT2D eigenvalue weighted by atomic mass is 9.87. The van der Waals surface area contributed by atoms with Gasteiger partial charge in [0.1, 0.15) is 0 Å². The van der Waals surface area contributed by atoms with E-state index in [4.69, 9.17) is 9.47 Å². The minimum Gasteiger partial charge on any atom is -0.490 e. The molecule has 1 N–H and O–H groups in total. The van der Waals surface area contributed by atoms with Gasteiger partial charge in [-0.15, -0.1) is 0 Å². The van der Waals surface area contributed by atoms with Crippen LogP contribution >= 0.6 is 22.6 Å². The van der Waals surface area contributed by atoms with E-state index in [0.29, 0.717) is 34.8 Å². The van der Waals surface area contributed by atoms with E-state index in [1.54, 1.807) is 42.5 Å². The highest BCUT2D eigenvalue weighted by molar-refractivity contribution is 14.1. The zero-order valence-corrected chi connectivity index (χ0v) is 21.8. The van der Waals surface area contributed by atoms with Crippen molar-refractivity contribution >= 4 is 40.7 Å². The van der Waals surface area contributed by atoms with Gasteiger partial charge in [-0.1, -0.05) is 45.0 Å². The highest BCUT2D eigenvalue weighted by Gasteiger charge is 2.16. The summed E-state index contributed by atoms with van der Waals surface area (Å²) in [7, 11) is 0. The van der Waals surface area contributed by atoms with Gasteiger partial charge in [0.05, 0.1) is 18.4 Å². The van der Waals surface area contributed by atoms with Crippen molar-refractivity contribution < 1.29 is 19.1 Å². The molecule has 1 amide bonds. The number of carbonyl (C=O) groups excluding carboxylic acids is 2. The van der Waals surface area contributed by atoms with Gasteiger partial charge in [0.25, 0.3) is 5.91 Å². The quantitative estimate of drug-likeness (QED) is 0.125. The molecule has 0 aliphatic carbocycles. The van der Waals surface area contributed by atoms with Gasteiger partial charge < -0.3 is 9.47 Å². The standard InChI is InChI=1S/C27H27IN2O4/c1-5-33-24-16-18(10-15-23(24)34-26(32)21-8-6-7-9-22(21)28)17-29-30-25(31)19-11-13-20(14-12-19)27(2,3)4/h6-17H,5H2,1-4H3,(H,30,31)/b29-17+. The number of benzene rings is 3. The molecule has 0 radical (unpaired) electrons. The molecule has 0 fully saturated rings. The molecule has 3 rings (SSSR count). The van der Waals surface area contributed by atoms with Crippen LogP contribution in [-0.4, -0.2) is 24.7 Å². The van der Waals surface area contributed by atoms with Crippen LogP contribution in [0.1, 0.15) is 59.5 Å². The normalized spacial score (nSPS) is 11.3. The van der Waals surface area contributed by atoms with Crippen molar-refractivity contribution in [2.24, 2.45) is 5.10 Å². The fourth-order valence-electron chi connectivity index (χ4n) is 3.09. The molecule has 0 atom stereocenters. The Morgan fingerprint density at radius 2 is 1.71 bits per heavy atom. The zero-order chi connectivity index (χ0) is 24.7. The lowest BCUT2D eigenvalue weighted by molar-refractivity contribution is 0.0727. The monoisotopic (exact) mass is 570 g/mol. The van der Waals surface area contributed by atoms with E-state index in [0.717, 1.165) is 9.13 Å². The Bertz CT molecular complexity index is 1200. The Balaban J connectivity index is 1.69. The molecule has 3 aromatic rings. The average molecular weight is 570 g/mol.